The fourth-order valence-corrected chi connectivity index (χ4v) is 8.79. The van der Waals surface area contributed by atoms with Crippen LogP contribution in [0, 0.1) is 23.3 Å². The third kappa shape index (κ3) is 19.5. The first kappa shape index (κ1) is 61.0. The van der Waals surface area contributed by atoms with Crippen LogP contribution in [-0.4, -0.2) is 77.7 Å². The van der Waals surface area contributed by atoms with Gasteiger partial charge in [0.25, 0.3) is 0 Å². The predicted molar refractivity (Wildman–Crippen MR) is 275 cm³/mol. The third-order valence-corrected chi connectivity index (χ3v) is 12.6. The summed E-state index contributed by atoms with van der Waals surface area (Å²) in [5.41, 5.74) is 5.32. The normalized spacial score (nSPS) is 19.0. The van der Waals surface area contributed by atoms with Crippen molar-refractivity contribution in [1.82, 2.24) is 20.9 Å². The lowest BCUT2D eigenvalue weighted by Gasteiger charge is -2.44. The molecule has 1 amide bonds. The van der Waals surface area contributed by atoms with Gasteiger partial charge in [-0.05, 0) is 138 Å². The van der Waals surface area contributed by atoms with Gasteiger partial charge in [-0.2, -0.15) is 0 Å². The molecule has 2 aliphatic heterocycles. The number of rotatable bonds is 14. The molecule has 13 heteroatoms. The average Bonchev–Trinajstić information content (AvgIpc) is 3.25. The van der Waals surface area contributed by atoms with Gasteiger partial charge < -0.3 is 31.1 Å². The maximum Gasteiger partial charge on any atom is 0.219 e. The van der Waals surface area contributed by atoms with Gasteiger partial charge in [0, 0.05) is 58.7 Å². The van der Waals surface area contributed by atoms with E-state index in [-0.39, 0.29) is 42.4 Å². The summed E-state index contributed by atoms with van der Waals surface area (Å²) in [7, 11) is 0. The van der Waals surface area contributed by atoms with E-state index in [1.54, 1.807) is 6.92 Å². The van der Waals surface area contributed by atoms with Crippen molar-refractivity contribution >= 4 is 22.8 Å². The Bertz CT molecular complexity index is 2180. The molecule has 69 heavy (non-hydrogen) atoms. The zero-order valence-corrected chi connectivity index (χ0v) is 41.4. The molecule has 4 unspecified atom stereocenters. The number of carbonyl (C=O) groups is 2. The minimum atomic E-state index is -0.688. The number of nitrogens with zero attached hydrogens (tertiary/aromatic N) is 1. The lowest BCUT2D eigenvalue weighted by atomic mass is 9.78. The zero-order valence-electron chi connectivity index (χ0n) is 40.7. The van der Waals surface area contributed by atoms with Crippen LogP contribution in [0.15, 0.2) is 84.9 Å². The SMILES string of the molecule is C.C.CC(=O)Cl.CC(=O)N1CCCC(NCC(O)CCc2cc(F)cc(F)c2)(c2cccc(C(C)(C)C)c2)C1.CC(C)(C)c1cccc(C2(NCC(O)CCc3cc(F)cc(F)c3)CCCNC2)c1. The summed E-state index contributed by atoms with van der Waals surface area (Å²) in [5, 5.41) is 31.6. The van der Waals surface area contributed by atoms with Gasteiger partial charge in [0.1, 0.15) is 23.3 Å². The second-order valence-corrected chi connectivity index (χ2v) is 20.9. The van der Waals surface area contributed by atoms with Crippen LogP contribution in [0.2, 0.25) is 0 Å². The Morgan fingerprint density at radius 1 is 0.681 bits per heavy atom. The van der Waals surface area contributed by atoms with Gasteiger partial charge in [-0.25, -0.2) is 17.6 Å². The number of piperidine rings is 2. The highest BCUT2D eigenvalue weighted by Crippen LogP contribution is 2.35. The molecule has 384 valence electrons. The quantitative estimate of drug-likeness (QED) is 0.0632. The number of nitrogens with one attached hydrogen (secondary N) is 3. The maximum atomic E-state index is 13.5. The Kier molecular flexibility index (Phi) is 24.2. The number of hydrogen-bond acceptors (Lipinski definition) is 7. The van der Waals surface area contributed by atoms with E-state index in [4.69, 9.17) is 0 Å². The van der Waals surface area contributed by atoms with Crippen molar-refractivity contribution in [2.24, 2.45) is 0 Å². The van der Waals surface area contributed by atoms with Crippen LogP contribution < -0.4 is 16.0 Å². The van der Waals surface area contributed by atoms with Crippen molar-refractivity contribution in [3.63, 3.8) is 0 Å². The number of aryl methyl sites for hydroxylation is 2. The molecule has 0 radical (unpaired) electrons. The first-order chi connectivity index (χ1) is 31.4. The molecule has 2 aliphatic rings. The molecule has 5 N–H and O–H groups in total. The number of likely N-dealkylation sites (tertiary alicyclic amines) is 1. The molecule has 6 rings (SSSR count). The fraction of sp³-hybridized carbons (Fsp3) is 0.536. The largest absolute Gasteiger partial charge is 0.392 e. The number of aliphatic hydroxyl groups is 2. The van der Waals surface area contributed by atoms with Crippen LogP contribution in [0.25, 0.3) is 0 Å². The molecule has 0 spiro atoms. The van der Waals surface area contributed by atoms with Crippen molar-refractivity contribution < 1.29 is 37.4 Å². The summed E-state index contributed by atoms with van der Waals surface area (Å²) in [5.74, 6) is -2.34. The van der Waals surface area contributed by atoms with E-state index in [1.165, 1.54) is 47.9 Å². The van der Waals surface area contributed by atoms with E-state index in [2.05, 4.69) is 118 Å². The van der Waals surface area contributed by atoms with E-state index in [0.717, 1.165) is 63.0 Å². The minimum absolute atomic E-state index is 0. The van der Waals surface area contributed by atoms with Crippen molar-refractivity contribution in [3.8, 4) is 0 Å². The van der Waals surface area contributed by atoms with Crippen molar-refractivity contribution in [1.29, 1.82) is 0 Å². The molecule has 0 bridgehead atoms. The molecule has 0 aliphatic carbocycles. The van der Waals surface area contributed by atoms with E-state index >= 15 is 0 Å². The van der Waals surface area contributed by atoms with Gasteiger partial charge >= 0.3 is 0 Å². The second-order valence-electron chi connectivity index (χ2n) is 20.3. The van der Waals surface area contributed by atoms with E-state index in [1.807, 2.05) is 4.90 Å². The van der Waals surface area contributed by atoms with Crippen molar-refractivity contribution in [2.75, 3.05) is 39.3 Å². The zero-order chi connectivity index (χ0) is 49.6. The molecular formula is C56H81ClF4N4O4. The average molecular weight is 986 g/mol. The lowest BCUT2D eigenvalue weighted by Crippen LogP contribution is -2.57. The Hall–Kier alpha value is -4.17. The predicted octanol–water partition coefficient (Wildman–Crippen LogP) is 11.2. The second kappa shape index (κ2) is 27.4. The highest BCUT2D eigenvalue weighted by Gasteiger charge is 2.39. The molecule has 2 heterocycles. The van der Waals surface area contributed by atoms with Gasteiger partial charge in [0.05, 0.1) is 23.3 Å². The van der Waals surface area contributed by atoms with Crippen molar-refractivity contribution in [3.05, 3.63) is 142 Å². The number of halogens is 5. The first-order valence-electron chi connectivity index (χ1n) is 23.5. The Morgan fingerprint density at radius 2 is 1.09 bits per heavy atom. The highest BCUT2D eigenvalue weighted by molar-refractivity contribution is 6.62. The lowest BCUT2D eigenvalue weighted by molar-refractivity contribution is -0.131. The van der Waals surface area contributed by atoms with E-state index in [0.29, 0.717) is 56.4 Å². The summed E-state index contributed by atoms with van der Waals surface area (Å²) in [4.78, 5) is 23.3. The molecule has 4 atom stereocenters. The van der Waals surface area contributed by atoms with E-state index in [9.17, 15) is 37.4 Å². The number of aliphatic hydroxyl groups excluding tert-OH is 2. The smallest absolute Gasteiger partial charge is 0.219 e. The summed E-state index contributed by atoms with van der Waals surface area (Å²) in [6, 6.07) is 24.2. The van der Waals surface area contributed by atoms with Gasteiger partial charge in [-0.1, -0.05) is 105 Å². The molecular weight excluding hydrogens is 904 g/mol. The summed E-state index contributed by atoms with van der Waals surface area (Å²) < 4.78 is 53.7. The third-order valence-electron chi connectivity index (χ3n) is 12.6. The van der Waals surface area contributed by atoms with Gasteiger partial charge in [0.15, 0.2) is 0 Å². The van der Waals surface area contributed by atoms with Crippen LogP contribution in [-0.2, 0) is 44.3 Å². The van der Waals surface area contributed by atoms with Gasteiger partial charge in [0.2, 0.25) is 11.1 Å². The highest BCUT2D eigenvalue weighted by atomic mass is 35.5. The number of hydrogen-bond donors (Lipinski definition) is 5. The number of carbonyl (C=O) groups excluding carboxylic acids is 2. The van der Waals surface area contributed by atoms with E-state index < -0.39 is 41.0 Å². The topological polar surface area (TPSA) is 114 Å². The van der Waals surface area contributed by atoms with Crippen LogP contribution in [0.3, 0.4) is 0 Å². The molecule has 2 saturated heterocycles. The Balaban J connectivity index is 0.000000429. The number of amides is 1. The fourth-order valence-electron chi connectivity index (χ4n) is 8.79. The summed E-state index contributed by atoms with van der Waals surface area (Å²) in [6.07, 6.45) is 4.13. The van der Waals surface area contributed by atoms with Crippen LogP contribution in [0.5, 0.6) is 0 Å². The monoisotopic (exact) mass is 985 g/mol. The minimum Gasteiger partial charge on any atom is -0.392 e. The first-order valence-corrected chi connectivity index (χ1v) is 23.9. The van der Waals surface area contributed by atoms with Crippen LogP contribution in [0.1, 0.15) is 142 Å². The van der Waals surface area contributed by atoms with Gasteiger partial charge in [-0.15, -0.1) is 0 Å². The maximum absolute atomic E-state index is 13.5. The standard InChI is InChI=1S/C27H36F2N2O2.C25H34F2N2O.C2H3ClO.2CH4/c1-19(32)31-12-6-11-27(18-31,22-8-5-7-21(15-22)26(2,3)4)30-17-25(33)10-9-20-13-23(28)16-24(29)14-20;1-24(2,3)19-6-4-7-20(14-19)25(10-5-11-28-17-25)29-16-23(30)9-8-18-12-21(26)15-22(27)13-18;1-2(3)4;;/h5,7-8,13-16,25,30,33H,6,9-12,17-18H2,1-4H3;4,6-7,12-15,23,28-30H,5,8-11,16-17H2,1-3H3;1H3;2*1H4. The molecule has 8 nitrogen and oxygen atoms in total. The molecule has 0 aromatic heterocycles. The number of benzene rings is 4. The van der Waals surface area contributed by atoms with Crippen LogP contribution in [0.4, 0.5) is 17.6 Å². The Morgan fingerprint density at radius 3 is 1.48 bits per heavy atom. The molecule has 0 saturated carbocycles. The summed E-state index contributed by atoms with van der Waals surface area (Å²) in [6.45, 7) is 19.9. The molecule has 2 fully saturated rings. The van der Waals surface area contributed by atoms with Crippen LogP contribution >= 0.6 is 11.6 Å². The summed E-state index contributed by atoms with van der Waals surface area (Å²) >= 11 is 4.64. The Labute approximate surface area is 416 Å². The van der Waals surface area contributed by atoms with Crippen molar-refractivity contribution in [2.45, 2.75) is 156 Å². The molecule has 4 aromatic rings. The van der Waals surface area contributed by atoms with Gasteiger partial charge in [-0.3, -0.25) is 9.59 Å². The molecule has 4 aromatic carbocycles.